The van der Waals surface area contributed by atoms with Crippen molar-refractivity contribution in [1.29, 1.82) is 0 Å². The molecule has 1 aliphatic rings. The lowest BCUT2D eigenvalue weighted by molar-refractivity contribution is 0.0288. The Kier molecular flexibility index (Phi) is 4.52. The van der Waals surface area contributed by atoms with Crippen molar-refractivity contribution in [3.05, 3.63) is 11.6 Å². The van der Waals surface area contributed by atoms with E-state index < -0.39 is 5.60 Å². The van der Waals surface area contributed by atoms with Gasteiger partial charge in [0.05, 0.1) is 0 Å². The molecule has 1 aliphatic heterocycles. The lowest BCUT2D eigenvalue weighted by Gasteiger charge is -2.25. The van der Waals surface area contributed by atoms with E-state index in [0.29, 0.717) is 5.92 Å². The molecule has 0 aromatic carbocycles. The highest BCUT2D eigenvalue weighted by Crippen LogP contribution is 2.23. The SMILES string of the molecule is CN(C[C@H]1CCN(C(=O)OC(C)(C)C)C1)c1nccs1. The Labute approximate surface area is 124 Å². The van der Waals surface area contributed by atoms with E-state index in [1.54, 1.807) is 11.3 Å². The Balaban J connectivity index is 1.82. The predicted molar refractivity (Wildman–Crippen MR) is 81.3 cm³/mol. The molecule has 0 bridgehead atoms. The van der Waals surface area contributed by atoms with E-state index in [1.807, 2.05) is 37.2 Å². The summed E-state index contributed by atoms with van der Waals surface area (Å²) < 4.78 is 5.41. The molecule has 2 heterocycles. The molecular weight excluding hydrogens is 274 g/mol. The average Bonchev–Trinajstić information content (AvgIpc) is 2.97. The highest BCUT2D eigenvalue weighted by Gasteiger charge is 2.30. The van der Waals surface area contributed by atoms with Crippen molar-refractivity contribution in [2.75, 3.05) is 31.6 Å². The summed E-state index contributed by atoms with van der Waals surface area (Å²) in [5.74, 6) is 0.483. The maximum absolute atomic E-state index is 12.0. The molecule has 0 saturated carbocycles. The number of carbonyl (C=O) groups is 1. The molecule has 0 radical (unpaired) electrons. The van der Waals surface area contributed by atoms with E-state index in [-0.39, 0.29) is 6.09 Å². The summed E-state index contributed by atoms with van der Waals surface area (Å²) >= 11 is 1.64. The van der Waals surface area contributed by atoms with E-state index in [4.69, 9.17) is 4.74 Å². The van der Waals surface area contributed by atoms with Crippen LogP contribution in [0.2, 0.25) is 0 Å². The Morgan fingerprint density at radius 3 is 2.95 bits per heavy atom. The number of carbonyl (C=O) groups excluding carboxylic acids is 1. The maximum atomic E-state index is 12.0. The van der Waals surface area contributed by atoms with Gasteiger partial charge in [-0.05, 0) is 33.1 Å². The Morgan fingerprint density at radius 2 is 2.35 bits per heavy atom. The molecule has 112 valence electrons. The Hall–Kier alpha value is -1.30. The number of hydrogen-bond donors (Lipinski definition) is 0. The van der Waals surface area contributed by atoms with Crippen LogP contribution < -0.4 is 4.90 Å². The number of amides is 1. The summed E-state index contributed by atoms with van der Waals surface area (Å²) in [7, 11) is 2.05. The third-order valence-electron chi connectivity index (χ3n) is 3.22. The van der Waals surface area contributed by atoms with Crippen molar-refractivity contribution >= 4 is 22.6 Å². The molecule has 0 unspecified atom stereocenters. The fourth-order valence-electron chi connectivity index (χ4n) is 2.34. The Morgan fingerprint density at radius 1 is 1.60 bits per heavy atom. The summed E-state index contributed by atoms with van der Waals surface area (Å²) in [5.41, 5.74) is -0.424. The van der Waals surface area contributed by atoms with Gasteiger partial charge in [-0.25, -0.2) is 9.78 Å². The zero-order chi connectivity index (χ0) is 14.8. The number of nitrogens with zero attached hydrogens (tertiary/aromatic N) is 3. The minimum atomic E-state index is -0.424. The van der Waals surface area contributed by atoms with Gasteiger partial charge in [-0.2, -0.15) is 0 Å². The van der Waals surface area contributed by atoms with E-state index in [0.717, 1.165) is 31.2 Å². The lowest BCUT2D eigenvalue weighted by Crippen LogP contribution is -2.36. The van der Waals surface area contributed by atoms with Gasteiger partial charge in [-0.1, -0.05) is 0 Å². The topological polar surface area (TPSA) is 45.7 Å². The number of anilines is 1. The highest BCUT2D eigenvalue weighted by atomic mass is 32.1. The molecular formula is C14H23N3O2S. The smallest absolute Gasteiger partial charge is 0.410 e. The maximum Gasteiger partial charge on any atom is 0.410 e. The minimum Gasteiger partial charge on any atom is -0.444 e. The second kappa shape index (κ2) is 5.99. The molecule has 1 fully saturated rings. The molecule has 0 aliphatic carbocycles. The zero-order valence-corrected chi connectivity index (χ0v) is 13.4. The number of likely N-dealkylation sites (tertiary alicyclic amines) is 1. The van der Waals surface area contributed by atoms with Crippen LogP contribution in [-0.2, 0) is 4.74 Å². The molecule has 0 N–H and O–H groups in total. The van der Waals surface area contributed by atoms with Crippen LogP contribution in [0.5, 0.6) is 0 Å². The first-order valence-electron chi connectivity index (χ1n) is 6.94. The first kappa shape index (κ1) is 15.1. The van der Waals surface area contributed by atoms with E-state index >= 15 is 0 Å². The molecule has 5 nitrogen and oxygen atoms in total. The summed E-state index contributed by atoms with van der Waals surface area (Å²) in [5, 5.41) is 3.01. The second-order valence-electron chi connectivity index (χ2n) is 6.28. The number of aromatic nitrogens is 1. The molecule has 2 rings (SSSR count). The summed E-state index contributed by atoms with van der Waals surface area (Å²) in [6.45, 7) is 8.17. The third kappa shape index (κ3) is 4.10. The van der Waals surface area contributed by atoms with Crippen molar-refractivity contribution < 1.29 is 9.53 Å². The normalized spacial score (nSPS) is 19.2. The van der Waals surface area contributed by atoms with Crippen LogP contribution in [0.3, 0.4) is 0 Å². The average molecular weight is 297 g/mol. The van der Waals surface area contributed by atoms with E-state index in [1.165, 1.54) is 0 Å². The molecule has 0 spiro atoms. The fourth-order valence-corrected chi connectivity index (χ4v) is 2.96. The van der Waals surface area contributed by atoms with E-state index in [2.05, 4.69) is 16.9 Å². The largest absolute Gasteiger partial charge is 0.444 e. The van der Waals surface area contributed by atoms with Crippen LogP contribution in [0.15, 0.2) is 11.6 Å². The van der Waals surface area contributed by atoms with Gasteiger partial charge in [0.25, 0.3) is 0 Å². The summed E-state index contributed by atoms with van der Waals surface area (Å²) in [6.07, 6.45) is 2.64. The first-order chi connectivity index (χ1) is 9.35. The predicted octanol–water partition coefficient (Wildman–Crippen LogP) is 2.84. The van der Waals surface area contributed by atoms with Crippen LogP contribution in [0.1, 0.15) is 27.2 Å². The summed E-state index contributed by atoms with van der Waals surface area (Å²) in [4.78, 5) is 20.3. The molecule has 1 saturated heterocycles. The van der Waals surface area contributed by atoms with Gasteiger partial charge in [0.1, 0.15) is 5.60 Å². The van der Waals surface area contributed by atoms with Crippen molar-refractivity contribution in [3.63, 3.8) is 0 Å². The molecule has 1 amide bonds. The zero-order valence-electron chi connectivity index (χ0n) is 12.6. The first-order valence-corrected chi connectivity index (χ1v) is 7.81. The van der Waals surface area contributed by atoms with Gasteiger partial charge in [0.2, 0.25) is 0 Å². The van der Waals surface area contributed by atoms with Crippen LogP contribution in [0.25, 0.3) is 0 Å². The molecule has 1 aromatic rings. The standard InChI is InChI=1S/C14H23N3O2S/c1-14(2,3)19-13(18)17-7-5-11(10-17)9-16(4)12-15-6-8-20-12/h6,8,11H,5,7,9-10H2,1-4H3/t11-/m1/s1. The van der Waals surface area contributed by atoms with Crippen LogP contribution in [0.4, 0.5) is 9.93 Å². The third-order valence-corrected chi connectivity index (χ3v) is 4.10. The monoisotopic (exact) mass is 297 g/mol. The van der Waals surface area contributed by atoms with Gasteiger partial charge < -0.3 is 14.5 Å². The highest BCUT2D eigenvalue weighted by molar-refractivity contribution is 7.13. The van der Waals surface area contributed by atoms with Crippen molar-refractivity contribution in [2.24, 2.45) is 5.92 Å². The van der Waals surface area contributed by atoms with Crippen LogP contribution >= 0.6 is 11.3 Å². The van der Waals surface area contributed by atoms with Gasteiger partial charge in [0.15, 0.2) is 5.13 Å². The number of thiazole rings is 1. The Bertz CT molecular complexity index is 442. The lowest BCUT2D eigenvalue weighted by atomic mass is 10.1. The fraction of sp³-hybridized carbons (Fsp3) is 0.714. The number of hydrogen-bond acceptors (Lipinski definition) is 5. The van der Waals surface area contributed by atoms with Crippen molar-refractivity contribution in [2.45, 2.75) is 32.8 Å². The molecule has 20 heavy (non-hydrogen) atoms. The summed E-state index contributed by atoms with van der Waals surface area (Å²) in [6, 6.07) is 0. The number of ether oxygens (including phenoxy) is 1. The molecule has 1 aromatic heterocycles. The molecule has 6 heteroatoms. The van der Waals surface area contributed by atoms with Crippen LogP contribution in [-0.4, -0.2) is 48.3 Å². The molecule has 1 atom stereocenters. The van der Waals surface area contributed by atoms with Crippen LogP contribution in [0, 0.1) is 5.92 Å². The quantitative estimate of drug-likeness (QED) is 0.860. The van der Waals surface area contributed by atoms with E-state index in [9.17, 15) is 4.79 Å². The van der Waals surface area contributed by atoms with Crippen molar-refractivity contribution in [1.82, 2.24) is 9.88 Å². The van der Waals surface area contributed by atoms with Crippen molar-refractivity contribution in [3.8, 4) is 0 Å². The minimum absolute atomic E-state index is 0.197. The van der Waals surface area contributed by atoms with Gasteiger partial charge in [0, 0.05) is 38.3 Å². The van der Waals surface area contributed by atoms with Gasteiger partial charge >= 0.3 is 6.09 Å². The van der Waals surface area contributed by atoms with Gasteiger partial charge in [-0.15, -0.1) is 11.3 Å². The number of rotatable bonds is 3. The second-order valence-corrected chi connectivity index (χ2v) is 7.15. The van der Waals surface area contributed by atoms with Gasteiger partial charge in [-0.3, -0.25) is 0 Å².